The Balaban J connectivity index is 1.13. The largest absolute Gasteiger partial charge is 0.469 e. The quantitative estimate of drug-likeness (QED) is 0.0428. The Labute approximate surface area is 403 Å². The Bertz CT molecular complexity index is 2600. The van der Waals surface area contributed by atoms with Crippen molar-refractivity contribution in [1.82, 2.24) is 41.2 Å². The number of aliphatic hydroxyl groups excluding tert-OH is 1. The van der Waals surface area contributed by atoms with Gasteiger partial charge in [-0.05, 0) is 99.8 Å². The predicted octanol–water partition coefficient (Wildman–Crippen LogP) is 7.76. The van der Waals surface area contributed by atoms with Crippen LogP contribution in [-0.4, -0.2) is 106 Å². The Morgan fingerprint density at radius 3 is 2.29 bits per heavy atom. The van der Waals surface area contributed by atoms with Crippen LogP contribution in [0.5, 0.6) is 0 Å². The molecule has 68 heavy (non-hydrogen) atoms. The number of rotatable bonds is 20. The van der Waals surface area contributed by atoms with Crippen molar-refractivity contribution in [2.75, 3.05) is 33.1 Å². The van der Waals surface area contributed by atoms with E-state index in [1.807, 2.05) is 43.8 Å². The van der Waals surface area contributed by atoms with Gasteiger partial charge in [-0.2, -0.15) is 11.8 Å². The molecule has 366 valence electrons. The summed E-state index contributed by atoms with van der Waals surface area (Å²) in [6.07, 6.45) is 9.06. The lowest BCUT2D eigenvalue weighted by atomic mass is 9.85. The third-order valence-electron chi connectivity index (χ3n) is 14.3. The highest BCUT2D eigenvalue weighted by atomic mass is 32.2. The number of allylic oxidation sites excluding steroid dienone is 2. The first-order valence-electron chi connectivity index (χ1n) is 24.4. The number of fused-ring (bicyclic) bond motifs is 9. The molecule has 7 rings (SSSR count). The van der Waals surface area contributed by atoms with Crippen LogP contribution in [0, 0.1) is 13.8 Å². The van der Waals surface area contributed by atoms with E-state index in [2.05, 4.69) is 64.7 Å². The van der Waals surface area contributed by atoms with Crippen LogP contribution in [0.25, 0.3) is 39.3 Å². The first-order valence-corrected chi connectivity index (χ1v) is 25.4. The van der Waals surface area contributed by atoms with Crippen molar-refractivity contribution < 1.29 is 33.8 Å². The Hall–Kier alpha value is -5.29. The monoisotopic (exact) mass is 951 g/mol. The number of aromatic amines is 2. The van der Waals surface area contributed by atoms with Crippen LogP contribution in [0.2, 0.25) is 0 Å². The Kier molecular flexibility index (Phi) is 17.0. The summed E-state index contributed by atoms with van der Waals surface area (Å²) in [6, 6.07) is 6.68. The number of carbonyl (C=O) groups is 4. The molecule has 3 unspecified atom stereocenters. The van der Waals surface area contributed by atoms with Gasteiger partial charge in [0.15, 0.2) is 6.35 Å². The number of nitrogens with zero attached hydrogens (tertiary/aromatic N) is 2. The van der Waals surface area contributed by atoms with Crippen molar-refractivity contribution in [3.8, 4) is 0 Å². The second kappa shape index (κ2) is 22.9. The zero-order valence-electron chi connectivity index (χ0n) is 40.8. The molecule has 0 radical (unpaired) electrons. The van der Waals surface area contributed by atoms with Crippen molar-refractivity contribution in [3.63, 3.8) is 0 Å². The van der Waals surface area contributed by atoms with Gasteiger partial charge in [0, 0.05) is 94.2 Å². The van der Waals surface area contributed by atoms with Gasteiger partial charge < -0.3 is 35.2 Å². The number of ether oxygens (including phenoxy) is 2. The molecule has 4 aliphatic heterocycles. The second-order valence-corrected chi connectivity index (χ2v) is 19.8. The molecule has 8 bridgehead atoms. The second-order valence-electron chi connectivity index (χ2n) is 18.6. The Morgan fingerprint density at radius 2 is 1.57 bits per heavy atom. The normalized spacial score (nSPS) is 20.9. The van der Waals surface area contributed by atoms with E-state index < -0.39 is 12.3 Å². The number of amides is 2. The number of aliphatic hydroxyl groups is 1. The van der Waals surface area contributed by atoms with Crippen molar-refractivity contribution in [2.24, 2.45) is 0 Å². The summed E-state index contributed by atoms with van der Waals surface area (Å²) in [5.41, 5.74) is 11.6. The minimum atomic E-state index is -0.623. The molecule has 3 aromatic rings. The van der Waals surface area contributed by atoms with E-state index in [-0.39, 0.29) is 48.5 Å². The number of aryl methyl sites for hydroxylation is 2. The van der Waals surface area contributed by atoms with E-state index in [1.54, 1.807) is 0 Å². The van der Waals surface area contributed by atoms with Crippen LogP contribution >= 0.6 is 11.8 Å². The van der Waals surface area contributed by atoms with E-state index >= 15 is 0 Å². The van der Waals surface area contributed by atoms with Crippen LogP contribution < -0.4 is 21.3 Å². The van der Waals surface area contributed by atoms with Gasteiger partial charge in [-0.1, -0.05) is 45.8 Å². The van der Waals surface area contributed by atoms with Gasteiger partial charge >= 0.3 is 11.9 Å². The van der Waals surface area contributed by atoms with Crippen LogP contribution in [0.3, 0.4) is 0 Å². The predicted molar refractivity (Wildman–Crippen MR) is 270 cm³/mol. The lowest BCUT2D eigenvalue weighted by Gasteiger charge is -2.18. The minimum absolute atomic E-state index is 0.0759. The average Bonchev–Trinajstić information content (AvgIpc) is 4.15. The van der Waals surface area contributed by atoms with E-state index in [0.29, 0.717) is 70.6 Å². The molecule has 7 heterocycles. The van der Waals surface area contributed by atoms with Crippen molar-refractivity contribution in [2.45, 2.75) is 147 Å². The van der Waals surface area contributed by atoms with Gasteiger partial charge in [0.1, 0.15) is 0 Å². The van der Waals surface area contributed by atoms with E-state index in [1.165, 1.54) is 14.2 Å². The smallest absolute Gasteiger partial charge is 0.310 e. The maximum atomic E-state index is 14.6. The highest BCUT2D eigenvalue weighted by Gasteiger charge is 2.42. The first kappa shape index (κ1) is 50.6. The number of nitrogens with one attached hydrogen (secondary N) is 6. The summed E-state index contributed by atoms with van der Waals surface area (Å²) in [5.74, 6) is -0.511. The van der Waals surface area contributed by atoms with Gasteiger partial charge in [0.05, 0.1) is 48.8 Å². The number of esters is 2. The summed E-state index contributed by atoms with van der Waals surface area (Å²) in [5, 5.41) is 22.9. The molecular weight excluding hydrogens is 881 g/mol. The van der Waals surface area contributed by atoms with Crippen molar-refractivity contribution >= 4 is 74.8 Å². The SMILES string of the molecule is C=Cc1c(C)c2cc3nc(c(CC(=O)OC)c4[nH]c(cc5nc(cc1[nH]2)C(C)=C5CC)c(C)c4C(=O)NCCCCCCNC(=O)CCCC[C@@H]1SCC2NC(O)NC21)[C@@H](CCC(=O)OC)[C@@H]3C. The first-order chi connectivity index (χ1) is 32.8. The van der Waals surface area contributed by atoms with Gasteiger partial charge in [-0.25, -0.2) is 4.98 Å². The van der Waals surface area contributed by atoms with Crippen LogP contribution in [0.15, 0.2) is 24.8 Å². The van der Waals surface area contributed by atoms with E-state index in [4.69, 9.17) is 19.4 Å². The molecule has 0 saturated carbocycles. The van der Waals surface area contributed by atoms with Gasteiger partial charge in [-0.3, -0.25) is 34.8 Å². The molecule has 3 aromatic heterocycles. The number of thioether (sulfide) groups is 1. The highest BCUT2D eigenvalue weighted by molar-refractivity contribution is 8.00. The van der Waals surface area contributed by atoms with E-state index in [0.717, 1.165) is 108 Å². The standard InChI is InChI=1S/C52H70N8O7S/c1-9-32-28(3)36-24-38-30(5)34(19-20-45(62)66-7)48(57-38)35(23-46(63)67-8)49-47(31(6)39(58-49)26-41-33(10-2)29(4)37(56-41)25-40(32)55-36)51(64)54-22-16-12-11-15-21-53-44(61)18-14-13-17-43-50-42(27-68-43)59-52(65)60-50/h9,24-26,30,34,42-43,50,52,55,58-60,65H,1,10-23,27H2,2-8H3,(H,53,61)(H,54,64)/t30-,34-,42?,43-,50?,52?/m0/s1. The zero-order chi connectivity index (χ0) is 48.6. The van der Waals surface area contributed by atoms with Crippen molar-refractivity contribution in [3.05, 3.63) is 75.4 Å². The number of carbonyl (C=O) groups excluding carboxylic acids is 4. The van der Waals surface area contributed by atoms with Gasteiger partial charge in [0.2, 0.25) is 5.91 Å². The summed E-state index contributed by atoms with van der Waals surface area (Å²) in [6.45, 7) is 15.4. The van der Waals surface area contributed by atoms with Crippen LogP contribution in [0.1, 0.15) is 159 Å². The van der Waals surface area contributed by atoms with E-state index in [9.17, 15) is 24.3 Å². The summed E-state index contributed by atoms with van der Waals surface area (Å²) in [4.78, 5) is 70.8. The molecule has 7 N–H and O–H groups in total. The molecule has 2 fully saturated rings. The number of H-pyrrole nitrogens is 2. The van der Waals surface area contributed by atoms with Crippen molar-refractivity contribution in [1.29, 1.82) is 0 Å². The lowest BCUT2D eigenvalue weighted by molar-refractivity contribution is -0.141. The van der Waals surface area contributed by atoms with Gasteiger partial charge in [0.25, 0.3) is 5.91 Å². The summed E-state index contributed by atoms with van der Waals surface area (Å²) in [7, 11) is 2.72. The third-order valence-corrected chi connectivity index (χ3v) is 15.8. The summed E-state index contributed by atoms with van der Waals surface area (Å²) < 4.78 is 10.3. The molecule has 2 amide bonds. The topological polar surface area (TPSA) is 212 Å². The molecule has 6 atom stereocenters. The minimum Gasteiger partial charge on any atom is -0.469 e. The fraction of sp³-hybridized carbons (Fsp3) is 0.538. The molecule has 0 aromatic carbocycles. The van der Waals surface area contributed by atoms with Crippen LogP contribution in [0.4, 0.5) is 0 Å². The number of unbranched alkanes of at least 4 members (excludes halogenated alkanes) is 4. The fourth-order valence-corrected chi connectivity index (χ4v) is 11.9. The third kappa shape index (κ3) is 11.2. The molecule has 4 aliphatic rings. The fourth-order valence-electron chi connectivity index (χ4n) is 10.3. The molecule has 15 nitrogen and oxygen atoms in total. The maximum Gasteiger partial charge on any atom is 0.310 e. The van der Waals surface area contributed by atoms with Gasteiger partial charge in [-0.15, -0.1) is 0 Å². The molecule has 16 heteroatoms. The molecular formula is C52H70N8O7S. The zero-order valence-corrected chi connectivity index (χ0v) is 41.6. The number of aromatic nitrogens is 4. The Morgan fingerprint density at radius 1 is 0.853 bits per heavy atom. The lowest BCUT2D eigenvalue weighted by Crippen LogP contribution is -2.38. The maximum absolute atomic E-state index is 14.6. The highest BCUT2D eigenvalue weighted by Crippen LogP contribution is 2.43. The molecule has 2 saturated heterocycles. The average molecular weight is 951 g/mol. The van der Waals surface area contributed by atoms with Crippen LogP contribution in [-0.2, 0) is 30.3 Å². The summed E-state index contributed by atoms with van der Waals surface area (Å²) >= 11 is 1.94. The number of hydrogen-bond donors (Lipinski definition) is 7. The molecule has 0 aliphatic carbocycles. The molecule has 0 spiro atoms. The number of hydrogen-bond acceptors (Lipinski definition) is 12. The number of methoxy groups -OCH3 is 2.